The molecule has 1 aromatic carbocycles. The number of anilines is 2. The Labute approximate surface area is 114 Å². The van der Waals surface area contributed by atoms with Gasteiger partial charge in [-0.3, -0.25) is 14.8 Å². The first-order chi connectivity index (χ1) is 9.69. The highest BCUT2D eigenvalue weighted by Gasteiger charge is 2.17. The summed E-state index contributed by atoms with van der Waals surface area (Å²) in [5.74, 6) is 0.0559. The van der Waals surface area contributed by atoms with Crippen LogP contribution in [0.5, 0.6) is 0 Å². The van der Waals surface area contributed by atoms with Crippen LogP contribution in [-0.2, 0) is 6.54 Å². The SMILES string of the molecule is CCn1ncc(N)c1C(=O)Nc1nc2ccccc2[nH]1. The predicted octanol–water partition coefficient (Wildman–Crippen LogP) is 1.61. The first kappa shape index (κ1) is 12.2. The van der Waals surface area contributed by atoms with E-state index in [1.165, 1.54) is 6.20 Å². The quantitative estimate of drug-likeness (QED) is 0.673. The van der Waals surface area contributed by atoms with Gasteiger partial charge < -0.3 is 10.7 Å². The molecule has 2 aromatic heterocycles. The van der Waals surface area contributed by atoms with Crippen molar-refractivity contribution >= 4 is 28.6 Å². The number of aromatic nitrogens is 4. The van der Waals surface area contributed by atoms with Crippen molar-refractivity contribution in [1.82, 2.24) is 19.7 Å². The summed E-state index contributed by atoms with van der Waals surface area (Å²) in [5.41, 5.74) is 8.11. The highest BCUT2D eigenvalue weighted by atomic mass is 16.2. The van der Waals surface area contributed by atoms with Gasteiger partial charge in [-0.15, -0.1) is 0 Å². The number of hydrogen-bond acceptors (Lipinski definition) is 4. The zero-order valence-corrected chi connectivity index (χ0v) is 10.9. The molecule has 7 nitrogen and oxygen atoms in total. The van der Waals surface area contributed by atoms with Crippen LogP contribution in [0.2, 0.25) is 0 Å². The van der Waals surface area contributed by atoms with Crippen molar-refractivity contribution in [2.75, 3.05) is 11.1 Å². The normalized spacial score (nSPS) is 10.8. The van der Waals surface area contributed by atoms with E-state index in [-0.39, 0.29) is 5.91 Å². The van der Waals surface area contributed by atoms with E-state index in [1.807, 2.05) is 31.2 Å². The van der Waals surface area contributed by atoms with E-state index in [1.54, 1.807) is 4.68 Å². The van der Waals surface area contributed by atoms with Gasteiger partial charge in [-0.2, -0.15) is 5.10 Å². The Morgan fingerprint density at radius 3 is 3.00 bits per heavy atom. The zero-order valence-electron chi connectivity index (χ0n) is 10.9. The molecule has 20 heavy (non-hydrogen) atoms. The molecule has 0 spiro atoms. The molecule has 102 valence electrons. The van der Waals surface area contributed by atoms with Gasteiger partial charge >= 0.3 is 0 Å². The highest BCUT2D eigenvalue weighted by molar-refractivity contribution is 6.06. The fraction of sp³-hybridized carbons (Fsp3) is 0.154. The maximum absolute atomic E-state index is 12.2. The summed E-state index contributed by atoms with van der Waals surface area (Å²) in [6.07, 6.45) is 1.47. The van der Waals surface area contributed by atoms with E-state index in [4.69, 9.17) is 5.73 Å². The summed E-state index contributed by atoms with van der Waals surface area (Å²) in [5, 5.41) is 6.74. The standard InChI is InChI=1S/C13H14N6O/c1-2-19-11(8(14)7-15-19)12(20)18-13-16-9-5-3-4-6-10(9)17-13/h3-7H,2,14H2,1H3,(H2,16,17,18,20). The van der Waals surface area contributed by atoms with Gasteiger partial charge in [0, 0.05) is 6.54 Å². The van der Waals surface area contributed by atoms with Gasteiger partial charge in [-0.05, 0) is 19.1 Å². The number of H-pyrrole nitrogens is 1. The number of imidazole rings is 1. The Bertz CT molecular complexity index is 739. The second-order valence-electron chi connectivity index (χ2n) is 4.32. The predicted molar refractivity (Wildman–Crippen MR) is 76.4 cm³/mol. The third-order valence-electron chi connectivity index (χ3n) is 3.00. The highest BCUT2D eigenvalue weighted by Crippen LogP contribution is 2.16. The lowest BCUT2D eigenvalue weighted by atomic mass is 10.3. The molecule has 4 N–H and O–H groups in total. The van der Waals surface area contributed by atoms with Crippen LogP contribution in [0.15, 0.2) is 30.5 Å². The molecule has 0 fully saturated rings. The lowest BCUT2D eigenvalue weighted by Crippen LogP contribution is -2.19. The van der Waals surface area contributed by atoms with Crippen LogP contribution in [0, 0.1) is 0 Å². The number of nitrogens with zero attached hydrogens (tertiary/aromatic N) is 3. The monoisotopic (exact) mass is 270 g/mol. The molecule has 0 aliphatic rings. The molecular weight excluding hydrogens is 256 g/mol. The molecule has 0 saturated carbocycles. The van der Waals surface area contributed by atoms with Gasteiger partial charge in [0.15, 0.2) is 0 Å². The third-order valence-corrected chi connectivity index (χ3v) is 3.00. The van der Waals surface area contributed by atoms with Gasteiger partial charge in [-0.25, -0.2) is 4.98 Å². The molecule has 3 aromatic rings. The molecular formula is C13H14N6O. The van der Waals surface area contributed by atoms with E-state index < -0.39 is 0 Å². The molecule has 0 aliphatic carbocycles. The average molecular weight is 270 g/mol. The number of aryl methyl sites for hydroxylation is 1. The number of aromatic amines is 1. The number of amides is 1. The van der Waals surface area contributed by atoms with Crippen molar-refractivity contribution in [1.29, 1.82) is 0 Å². The van der Waals surface area contributed by atoms with Crippen molar-refractivity contribution in [2.24, 2.45) is 0 Å². The van der Waals surface area contributed by atoms with Crippen LogP contribution in [0.25, 0.3) is 11.0 Å². The summed E-state index contributed by atoms with van der Waals surface area (Å²) >= 11 is 0. The molecule has 0 saturated heterocycles. The summed E-state index contributed by atoms with van der Waals surface area (Å²) in [7, 11) is 0. The van der Waals surface area contributed by atoms with Crippen LogP contribution in [0.4, 0.5) is 11.6 Å². The summed E-state index contributed by atoms with van der Waals surface area (Å²) in [4.78, 5) is 19.6. The Hall–Kier alpha value is -2.83. The van der Waals surface area contributed by atoms with Crippen LogP contribution in [0.3, 0.4) is 0 Å². The van der Waals surface area contributed by atoms with Crippen LogP contribution in [-0.4, -0.2) is 25.7 Å². The van der Waals surface area contributed by atoms with Crippen molar-refractivity contribution in [3.63, 3.8) is 0 Å². The lowest BCUT2D eigenvalue weighted by Gasteiger charge is -2.05. The third kappa shape index (κ3) is 1.99. The number of para-hydroxylation sites is 2. The molecule has 0 radical (unpaired) electrons. The minimum atomic E-state index is -0.332. The molecule has 1 amide bonds. The minimum absolute atomic E-state index is 0.332. The fourth-order valence-electron chi connectivity index (χ4n) is 2.07. The van der Waals surface area contributed by atoms with Crippen LogP contribution >= 0.6 is 0 Å². The molecule has 0 aliphatic heterocycles. The van der Waals surface area contributed by atoms with Gasteiger partial charge in [-0.1, -0.05) is 12.1 Å². The number of hydrogen-bond donors (Lipinski definition) is 3. The first-order valence-corrected chi connectivity index (χ1v) is 6.26. The maximum atomic E-state index is 12.2. The van der Waals surface area contributed by atoms with E-state index in [0.717, 1.165) is 11.0 Å². The molecule has 2 heterocycles. The molecule has 7 heteroatoms. The lowest BCUT2D eigenvalue weighted by molar-refractivity contribution is 0.101. The average Bonchev–Trinajstić information content (AvgIpc) is 3.00. The van der Waals surface area contributed by atoms with Crippen LogP contribution in [0.1, 0.15) is 17.4 Å². The summed E-state index contributed by atoms with van der Waals surface area (Å²) in [6.45, 7) is 2.46. The van der Waals surface area contributed by atoms with Crippen molar-refractivity contribution < 1.29 is 4.79 Å². The second-order valence-corrected chi connectivity index (χ2v) is 4.32. The number of rotatable bonds is 3. The molecule has 0 unspecified atom stereocenters. The van der Waals surface area contributed by atoms with Crippen molar-refractivity contribution in [3.8, 4) is 0 Å². The van der Waals surface area contributed by atoms with Gasteiger partial charge in [0.1, 0.15) is 5.69 Å². The minimum Gasteiger partial charge on any atom is -0.396 e. The number of nitrogens with two attached hydrogens (primary N) is 1. The van der Waals surface area contributed by atoms with E-state index in [9.17, 15) is 4.79 Å². The Balaban J connectivity index is 1.90. The van der Waals surface area contributed by atoms with E-state index in [2.05, 4.69) is 20.4 Å². The fourth-order valence-corrected chi connectivity index (χ4v) is 2.07. The van der Waals surface area contributed by atoms with Gasteiger partial charge in [0.05, 0.1) is 22.9 Å². The second kappa shape index (κ2) is 4.69. The van der Waals surface area contributed by atoms with E-state index >= 15 is 0 Å². The summed E-state index contributed by atoms with van der Waals surface area (Å²) < 4.78 is 1.55. The maximum Gasteiger partial charge on any atom is 0.278 e. The number of carbonyl (C=O) groups excluding carboxylic acids is 1. The Kier molecular flexibility index (Phi) is 2.86. The number of nitrogen functional groups attached to an aromatic ring is 1. The topological polar surface area (TPSA) is 102 Å². The summed E-state index contributed by atoms with van der Waals surface area (Å²) in [6, 6.07) is 7.55. The largest absolute Gasteiger partial charge is 0.396 e. The van der Waals surface area contributed by atoms with Gasteiger partial charge in [0.25, 0.3) is 5.91 Å². The van der Waals surface area contributed by atoms with Gasteiger partial charge in [0.2, 0.25) is 5.95 Å². The number of nitrogens with one attached hydrogen (secondary N) is 2. The number of carbonyl (C=O) groups is 1. The van der Waals surface area contributed by atoms with Crippen LogP contribution < -0.4 is 11.1 Å². The van der Waals surface area contributed by atoms with Crippen molar-refractivity contribution in [3.05, 3.63) is 36.2 Å². The smallest absolute Gasteiger partial charge is 0.278 e. The zero-order chi connectivity index (χ0) is 14.1. The molecule has 3 rings (SSSR count). The molecule has 0 bridgehead atoms. The number of benzene rings is 1. The Morgan fingerprint density at radius 2 is 2.25 bits per heavy atom. The number of fused-ring (bicyclic) bond motifs is 1. The van der Waals surface area contributed by atoms with E-state index in [0.29, 0.717) is 23.9 Å². The van der Waals surface area contributed by atoms with Crippen molar-refractivity contribution in [2.45, 2.75) is 13.5 Å². The first-order valence-electron chi connectivity index (χ1n) is 6.26. The molecule has 0 atom stereocenters. The Morgan fingerprint density at radius 1 is 1.45 bits per heavy atom.